The van der Waals surface area contributed by atoms with Crippen LogP contribution in [-0.4, -0.2) is 58.8 Å². The van der Waals surface area contributed by atoms with E-state index in [9.17, 15) is 9.59 Å². The van der Waals surface area contributed by atoms with Crippen LogP contribution in [0.2, 0.25) is 0 Å². The molecule has 6 nitrogen and oxygen atoms in total. The molecule has 2 aromatic rings. The number of rotatable bonds is 4. The minimum atomic E-state index is -0.405. The third kappa shape index (κ3) is 4.51. The van der Waals surface area contributed by atoms with Crippen LogP contribution in [0.3, 0.4) is 0 Å². The van der Waals surface area contributed by atoms with Crippen LogP contribution in [0.1, 0.15) is 37.8 Å². The van der Waals surface area contributed by atoms with Gasteiger partial charge in [0.25, 0.3) is 0 Å². The molecule has 1 aromatic heterocycles. The Morgan fingerprint density at radius 3 is 2.67 bits per heavy atom. The average Bonchev–Trinajstić information content (AvgIpc) is 3.16. The molecule has 2 aliphatic rings. The number of fused-ring (bicyclic) bond motifs is 1. The van der Waals surface area contributed by atoms with Crippen molar-refractivity contribution in [3.05, 3.63) is 47.0 Å². The SMILES string of the molecule is CC(C)CC(=O)N1Cc2ccccc2CC1C(=O)N1CCCN(c2nccs2)CC1. The molecule has 2 aliphatic heterocycles. The van der Waals surface area contributed by atoms with Gasteiger partial charge < -0.3 is 14.7 Å². The van der Waals surface area contributed by atoms with Crippen molar-refractivity contribution in [3.8, 4) is 0 Å². The number of hydrogen-bond acceptors (Lipinski definition) is 5. The van der Waals surface area contributed by atoms with Crippen molar-refractivity contribution < 1.29 is 9.59 Å². The van der Waals surface area contributed by atoms with Gasteiger partial charge >= 0.3 is 0 Å². The Bertz CT molecular complexity index is 883. The van der Waals surface area contributed by atoms with E-state index in [2.05, 4.69) is 35.9 Å². The number of anilines is 1. The molecule has 1 atom stereocenters. The van der Waals surface area contributed by atoms with Crippen LogP contribution in [0.25, 0.3) is 0 Å². The van der Waals surface area contributed by atoms with Crippen LogP contribution >= 0.6 is 11.3 Å². The number of carbonyl (C=O) groups is 2. The van der Waals surface area contributed by atoms with Crippen molar-refractivity contribution in [2.75, 3.05) is 31.1 Å². The minimum absolute atomic E-state index is 0.0806. The number of thiazole rings is 1. The van der Waals surface area contributed by atoms with E-state index < -0.39 is 6.04 Å². The molecule has 2 amide bonds. The van der Waals surface area contributed by atoms with Gasteiger partial charge in [0, 0.05) is 57.1 Å². The van der Waals surface area contributed by atoms with Crippen molar-refractivity contribution in [3.63, 3.8) is 0 Å². The van der Waals surface area contributed by atoms with Crippen LogP contribution in [-0.2, 0) is 22.6 Å². The van der Waals surface area contributed by atoms with Gasteiger partial charge in [-0.05, 0) is 23.5 Å². The monoisotopic (exact) mass is 426 g/mol. The van der Waals surface area contributed by atoms with Crippen molar-refractivity contribution >= 4 is 28.3 Å². The van der Waals surface area contributed by atoms with Gasteiger partial charge in [-0.1, -0.05) is 38.1 Å². The molecule has 0 saturated carbocycles. The second-order valence-corrected chi connectivity index (χ2v) is 9.46. The molecule has 0 aliphatic carbocycles. The lowest BCUT2D eigenvalue weighted by molar-refractivity contribution is -0.147. The lowest BCUT2D eigenvalue weighted by Crippen LogP contribution is -2.54. The topological polar surface area (TPSA) is 56.8 Å². The minimum Gasteiger partial charge on any atom is -0.346 e. The second-order valence-electron chi connectivity index (χ2n) is 8.59. The fourth-order valence-corrected chi connectivity index (χ4v) is 5.08. The standard InChI is InChI=1S/C23H30N4O2S/c1-17(2)14-21(28)27-16-19-7-4-3-6-18(19)15-20(27)22(29)25-9-5-10-26(12-11-25)23-24-8-13-30-23/h3-4,6-8,13,17,20H,5,9-12,14-16H2,1-2H3. The summed E-state index contributed by atoms with van der Waals surface area (Å²) >= 11 is 1.64. The van der Waals surface area contributed by atoms with Gasteiger partial charge in [-0.3, -0.25) is 9.59 Å². The molecule has 160 valence electrons. The zero-order valence-electron chi connectivity index (χ0n) is 17.8. The first kappa shape index (κ1) is 20.8. The highest BCUT2D eigenvalue weighted by atomic mass is 32.1. The third-order valence-corrected chi connectivity index (χ3v) is 6.77. The highest BCUT2D eigenvalue weighted by molar-refractivity contribution is 7.13. The number of benzene rings is 1. The Kier molecular flexibility index (Phi) is 6.37. The summed E-state index contributed by atoms with van der Waals surface area (Å²) in [7, 11) is 0. The highest BCUT2D eigenvalue weighted by Crippen LogP contribution is 2.27. The maximum Gasteiger partial charge on any atom is 0.245 e. The van der Waals surface area contributed by atoms with E-state index >= 15 is 0 Å². The lowest BCUT2D eigenvalue weighted by atomic mass is 9.92. The highest BCUT2D eigenvalue weighted by Gasteiger charge is 2.37. The Morgan fingerprint density at radius 1 is 1.13 bits per heavy atom. The summed E-state index contributed by atoms with van der Waals surface area (Å²) < 4.78 is 0. The molecule has 0 bridgehead atoms. The lowest BCUT2D eigenvalue weighted by Gasteiger charge is -2.39. The average molecular weight is 427 g/mol. The molecule has 1 fully saturated rings. The number of hydrogen-bond donors (Lipinski definition) is 0. The smallest absolute Gasteiger partial charge is 0.245 e. The fraction of sp³-hybridized carbons (Fsp3) is 0.522. The van der Waals surface area contributed by atoms with Gasteiger partial charge in [0.05, 0.1) is 0 Å². The molecular formula is C23H30N4O2S. The molecule has 1 saturated heterocycles. The summed E-state index contributed by atoms with van der Waals surface area (Å²) in [6, 6.07) is 7.78. The summed E-state index contributed by atoms with van der Waals surface area (Å²) in [5.74, 6) is 0.440. The summed E-state index contributed by atoms with van der Waals surface area (Å²) in [5.41, 5.74) is 2.34. The van der Waals surface area contributed by atoms with E-state index in [1.165, 1.54) is 5.56 Å². The maximum absolute atomic E-state index is 13.6. The predicted molar refractivity (Wildman–Crippen MR) is 119 cm³/mol. The van der Waals surface area contributed by atoms with Gasteiger partial charge in [0.15, 0.2) is 5.13 Å². The first-order valence-corrected chi connectivity index (χ1v) is 11.7. The summed E-state index contributed by atoms with van der Waals surface area (Å²) in [4.78, 5) is 37.1. The van der Waals surface area contributed by atoms with Crippen molar-refractivity contribution in [1.82, 2.24) is 14.8 Å². The first-order chi connectivity index (χ1) is 14.5. The molecule has 7 heteroatoms. The van der Waals surface area contributed by atoms with E-state index in [4.69, 9.17) is 0 Å². The Balaban J connectivity index is 1.52. The number of aromatic nitrogens is 1. The largest absolute Gasteiger partial charge is 0.346 e. The molecule has 4 rings (SSSR count). The fourth-order valence-electron chi connectivity index (χ4n) is 4.38. The van der Waals surface area contributed by atoms with E-state index in [0.717, 1.165) is 36.8 Å². The Morgan fingerprint density at radius 2 is 1.93 bits per heavy atom. The summed E-state index contributed by atoms with van der Waals surface area (Å²) in [6.07, 6.45) is 3.81. The zero-order valence-corrected chi connectivity index (χ0v) is 18.6. The molecular weight excluding hydrogens is 396 g/mol. The van der Waals surface area contributed by atoms with E-state index in [-0.39, 0.29) is 17.7 Å². The quantitative estimate of drug-likeness (QED) is 0.754. The van der Waals surface area contributed by atoms with Crippen molar-refractivity contribution in [2.24, 2.45) is 5.92 Å². The third-order valence-electron chi connectivity index (χ3n) is 5.93. The molecule has 1 unspecified atom stereocenters. The van der Waals surface area contributed by atoms with E-state index in [1.807, 2.05) is 33.5 Å². The first-order valence-electron chi connectivity index (χ1n) is 10.8. The van der Waals surface area contributed by atoms with Crippen molar-refractivity contribution in [1.29, 1.82) is 0 Å². The van der Waals surface area contributed by atoms with Gasteiger partial charge in [-0.2, -0.15) is 0 Å². The Labute approximate surface area is 182 Å². The van der Waals surface area contributed by atoms with E-state index in [1.54, 1.807) is 11.3 Å². The van der Waals surface area contributed by atoms with Gasteiger partial charge in [0.1, 0.15) is 6.04 Å². The van der Waals surface area contributed by atoms with E-state index in [0.29, 0.717) is 25.9 Å². The van der Waals surface area contributed by atoms with Gasteiger partial charge in [-0.25, -0.2) is 4.98 Å². The second kappa shape index (κ2) is 9.16. The van der Waals surface area contributed by atoms with Crippen molar-refractivity contribution in [2.45, 2.75) is 45.7 Å². The van der Waals surface area contributed by atoms with Crippen LogP contribution < -0.4 is 4.90 Å². The molecule has 3 heterocycles. The number of nitrogens with zero attached hydrogens (tertiary/aromatic N) is 4. The maximum atomic E-state index is 13.6. The molecule has 1 aromatic carbocycles. The van der Waals surface area contributed by atoms with Gasteiger partial charge in [0.2, 0.25) is 11.8 Å². The predicted octanol–water partition coefficient (Wildman–Crippen LogP) is 3.18. The van der Waals surface area contributed by atoms with Gasteiger partial charge in [-0.15, -0.1) is 11.3 Å². The normalized spacial score (nSPS) is 19.6. The zero-order chi connectivity index (χ0) is 21.1. The molecule has 30 heavy (non-hydrogen) atoms. The molecule has 0 radical (unpaired) electrons. The number of carbonyl (C=O) groups excluding carboxylic acids is 2. The number of amides is 2. The van der Waals surface area contributed by atoms with Crippen LogP contribution in [0.15, 0.2) is 35.8 Å². The summed E-state index contributed by atoms with van der Waals surface area (Å²) in [5, 5.41) is 3.01. The summed E-state index contributed by atoms with van der Waals surface area (Å²) in [6.45, 7) is 7.71. The Hall–Kier alpha value is -2.41. The molecule has 0 spiro atoms. The van der Waals surface area contributed by atoms with Crippen LogP contribution in [0.4, 0.5) is 5.13 Å². The van der Waals surface area contributed by atoms with Crippen LogP contribution in [0, 0.1) is 5.92 Å². The van der Waals surface area contributed by atoms with Crippen LogP contribution in [0.5, 0.6) is 0 Å². The molecule has 0 N–H and O–H groups in total.